The molecule has 0 atom stereocenters. The average Bonchev–Trinajstić information content (AvgIpc) is 3.44. The molecule has 4 heterocycles. The van der Waals surface area contributed by atoms with E-state index in [-0.39, 0.29) is 23.9 Å². The lowest BCUT2D eigenvalue weighted by atomic mass is 9.95. The van der Waals surface area contributed by atoms with Crippen molar-refractivity contribution >= 4 is 40.3 Å². The number of alkyl halides is 3. The predicted octanol–water partition coefficient (Wildman–Crippen LogP) is 5.55. The Kier molecular flexibility index (Phi) is 8.49. The van der Waals surface area contributed by atoms with Gasteiger partial charge in [-0.1, -0.05) is 18.2 Å². The minimum absolute atomic E-state index is 0.0410. The van der Waals surface area contributed by atoms with Crippen molar-refractivity contribution in [3.63, 3.8) is 0 Å². The molecule has 2 aliphatic heterocycles. The van der Waals surface area contributed by atoms with E-state index in [2.05, 4.69) is 20.5 Å². The molecule has 2 aliphatic rings. The number of urea groups is 1. The van der Waals surface area contributed by atoms with Crippen molar-refractivity contribution in [1.82, 2.24) is 20.2 Å². The van der Waals surface area contributed by atoms with Crippen LogP contribution >= 0.6 is 0 Å². The van der Waals surface area contributed by atoms with E-state index in [4.69, 9.17) is 9.40 Å². The van der Waals surface area contributed by atoms with Crippen LogP contribution in [0.5, 0.6) is 0 Å². The number of piperidine rings is 1. The number of benzene rings is 2. The van der Waals surface area contributed by atoms with E-state index in [1.54, 1.807) is 11.0 Å². The van der Waals surface area contributed by atoms with Crippen LogP contribution in [0.25, 0.3) is 11.1 Å². The number of rotatable bonds is 7. The van der Waals surface area contributed by atoms with E-state index in [0.717, 1.165) is 55.9 Å². The molecule has 0 bridgehead atoms. The van der Waals surface area contributed by atoms with Crippen molar-refractivity contribution in [2.75, 3.05) is 29.9 Å². The normalized spacial score (nSPS) is 16.9. The molecule has 246 valence electrons. The first-order valence-corrected chi connectivity index (χ1v) is 15.2. The molecule has 0 spiro atoms. The number of halogens is 3. The van der Waals surface area contributed by atoms with Gasteiger partial charge in [0.1, 0.15) is 16.9 Å². The zero-order valence-electron chi connectivity index (χ0n) is 25.7. The molecular weight excluding hydrogens is 617 g/mol. The van der Waals surface area contributed by atoms with Crippen molar-refractivity contribution in [1.29, 1.82) is 0 Å². The summed E-state index contributed by atoms with van der Waals surface area (Å²) in [5.41, 5.74) is 0.154. The van der Waals surface area contributed by atoms with E-state index < -0.39 is 35.1 Å². The lowest BCUT2D eigenvalue weighted by Gasteiger charge is -2.31. The van der Waals surface area contributed by atoms with Gasteiger partial charge in [-0.2, -0.15) is 13.2 Å². The van der Waals surface area contributed by atoms with Gasteiger partial charge in [-0.05, 0) is 75.7 Å². The predicted molar refractivity (Wildman–Crippen MR) is 166 cm³/mol. The molecule has 2 aromatic heterocycles. The maximum absolute atomic E-state index is 13.2. The molecule has 0 radical (unpaired) electrons. The van der Waals surface area contributed by atoms with Gasteiger partial charge in [0.05, 0.1) is 11.3 Å². The fourth-order valence-electron chi connectivity index (χ4n) is 5.87. The molecule has 4 aromatic rings. The van der Waals surface area contributed by atoms with Gasteiger partial charge in [0, 0.05) is 42.7 Å². The monoisotopic (exact) mass is 650 g/mol. The Balaban J connectivity index is 1.12. The maximum atomic E-state index is 13.2. The molecule has 47 heavy (non-hydrogen) atoms. The van der Waals surface area contributed by atoms with Gasteiger partial charge in [-0.3, -0.25) is 24.7 Å². The van der Waals surface area contributed by atoms with Crippen LogP contribution in [-0.4, -0.2) is 57.5 Å². The van der Waals surface area contributed by atoms with Gasteiger partial charge in [0.25, 0.3) is 5.91 Å². The highest BCUT2D eigenvalue weighted by Crippen LogP contribution is 2.36. The number of imide groups is 1. The third-order valence-electron chi connectivity index (χ3n) is 8.37. The molecule has 0 unspecified atom stereocenters. The number of likely N-dealkylation sites (tertiary alicyclic amines) is 1. The third kappa shape index (κ3) is 7.13. The molecule has 2 saturated heterocycles. The summed E-state index contributed by atoms with van der Waals surface area (Å²) in [5, 5.41) is 15.8. The first-order chi connectivity index (χ1) is 22.2. The first kappa shape index (κ1) is 32.1. The number of carbonyl (C=O) groups is 3. The number of nitrogens with one attached hydrogen (secondary N) is 2. The van der Waals surface area contributed by atoms with Gasteiger partial charge < -0.3 is 14.8 Å². The molecule has 3 N–H and O–H groups in total. The molecular formula is C33H33F3N6O5. The summed E-state index contributed by atoms with van der Waals surface area (Å²) in [4.78, 5) is 48.5. The van der Waals surface area contributed by atoms with Crippen LogP contribution in [0.4, 0.5) is 29.3 Å². The smallest absolute Gasteiger partial charge is 0.433 e. The SMILES string of the molecule is CC(C)(O)c1cc2nc(C3CCN(Cc4ccc(N5CCC(=O)NC5=O)cc4)CC3)oc2cc1NC(=O)c1cccc(C(F)(F)F)n1. The van der Waals surface area contributed by atoms with Crippen LogP contribution in [0.15, 0.2) is 59.0 Å². The standard InChI is InChI=1S/C33H33F3N6O5/c1-32(2,46)22-16-25-26(17-24(22)38-29(44)23-4-3-5-27(37-23)33(34,35)36)47-30(39-25)20-10-13-41(14-11-20)18-19-6-8-21(9-7-19)42-15-12-28(43)40-31(42)45/h3-9,16-17,20,46H,10-15,18H2,1-2H3,(H,38,44)(H,40,43,45). The minimum atomic E-state index is -4.71. The number of fused-ring (bicyclic) bond motifs is 1. The maximum Gasteiger partial charge on any atom is 0.433 e. The molecule has 0 saturated carbocycles. The number of hydrogen-bond acceptors (Lipinski definition) is 8. The van der Waals surface area contributed by atoms with Gasteiger partial charge in [-0.15, -0.1) is 0 Å². The summed E-state index contributed by atoms with van der Waals surface area (Å²) in [7, 11) is 0. The van der Waals surface area contributed by atoms with Crippen molar-refractivity contribution in [2.45, 2.75) is 57.3 Å². The summed E-state index contributed by atoms with van der Waals surface area (Å²) in [6, 6.07) is 13.5. The number of amides is 4. The van der Waals surface area contributed by atoms with Crippen LogP contribution in [0, 0.1) is 0 Å². The Morgan fingerprint density at radius 3 is 2.43 bits per heavy atom. The summed E-state index contributed by atoms with van der Waals surface area (Å²) >= 11 is 0. The zero-order chi connectivity index (χ0) is 33.5. The van der Waals surface area contributed by atoms with E-state index in [1.165, 1.54) is 26.0 Å². The van der Waals surface area contributed by atoms with Crippen molar-refractivity contribution in [2.24, 2.45) is 0 Å². The number of aliphatic hydroxyl groups is 1. The molecule has 11 nitrogen and oxygen atoms in total. The quantitative estimate of drug-likeness (QED) is 0.237. The lowest BCUT2D eigenvalue weighted by molar-refractivity contribution is -0.141. The number of carbonyl (C=O) groups excluding carboxylic acids is 3. The fourth-order valence-corrected chi connectivity index (χ4v) is 5.87. The van der Waals surface area contributed by atoms with Crippen molar-refractivity contribution < 1.29 is 37.1 Å². The summed E-state index contributed by atoms with van der Waals surface area (Å²) in [6.07, 6.45) is -2.86. The van der Waals surface area contributed by atoms with E-state index in [9.17, 15) is 32.7 Å². The number of aromatic nitrogens is 2. The fraction of sp³-hybridized carbons (Fsp3) is 0.364. The Morgan fingerprint density at radius 1 is 1.04 bits per heavy atom. The molecule has 6 rings (SSSR count). The van der Waals surface area contributed by atoms with Crippen LogP contribution in [0.2, 0.25) is 0 Å². The average molecular weight is 651 g/mol. The topological polar surface area (TPSA) is 141 Å². The molecule has 2 fully saturated rings. The zero-order valence-corrected chi connectivity index (χ0v) is 25.7. The Bertz CT molecular complexity index is 1830. The summed E-state index contributed by atoms with van der Waals surface area (Å²) in [6.45, 7) is 5.72. The first-order valence-electron chi connectivity index (χ1n) is 15.2. The number of hydrogen-bond donors (Lipinski definition) is 3. The summed E-state index contributed by atoms with van der Waals surface area (Å²) in [5.74, 6) is -0.561. The lowest BCUT2D eigenvalue weighted by Crippen LogP contribution is -2.49. The number of nitrogens with zero attached hydrogens (tertiary/aromatic N) is 4. The van der Waals surface area contributed by atoms with Gasteiger partial charge in [-0.25, -0.2) is 14.8 Å². The number of anilines is 2. The summed E-state index contributed by atoms with van der Waals surface area (Å²) < 4.78 is 45.6. The number of oxazole rings is 1. The van der Waals surface area contributed by atoms with Crippen LogP contribution in [0.3, 0.4) is 0 Å². The highest BCUT2D eigenvalue weighted by atomic mass is 19.4. The highest BCUT2D eigenvalue weighted by molar-refractivity contribution is 6.05. The Morgan fingerprint density at radius 2 is 1.77 bits per heavy atom. The second-order valence-electron chi connectivity index (χ2n) is 12.3. The van der Waals surface area contributed by atoms with Gasteiger partial charge >= 0.3 is 12.2 Å². The second kappa shape index (κ2) is 12.4. The molecule has 14 heteroatoms. The molecule has 2 aromatic carbocycles. The highest BCUT2D eigenvalue weighted by Gasteiger charge is 2.33. The minimum Gasteiger partial charge on any atom is -0.440 e. The van der Waals surface area contributed by atoms with E-state index in [1.807, 2.05) is 24.3 Å². The van der Waals surface area contributed by atoms with Crippen molar-refractivity contribution in [3.8, 4) is 0 Å². The van der Waals surface area contributed by atoms with Gasteiger partial charge in [0.15, 0.2) is 11.5 Å². The van der Waals surface area contributed by atoms with E-state index in [0.29, 0.717) is 29.1 Å². The Labute approximate surface area is 267 Å². The third-order valence-corrected chi connectivity index (χ3v) is 8.37. The van der Waals surface area contributed by atoms with Crippen LogP contribution in [-0.2, 0) is 23.1 Å². The second-order valence-corrected chi connectivity index (χ2v) is 12.3. The number of pyridine rings is 1. The Hall–Kier alpha value is -4.82. The van der Waals surface area contributed by atoms with E-state index >= 15 is 0 Å². The van der Waals surface area contributed by atoms with Crippen molar-refractivity contribution in [3.05, 3.63) is 83.0 Å². The molecule has 4 amide bonds. The van der Waals surface area contributed by atoms with Crippen LogP contribution < -0.4 is 15.5 Å². The largest absolute Gasteiger partial charge is 0.440 e. The van der Waals surface area contributed by atoms with Gasteiger partial charge in [0.2, 0.25) is 5.91 Å². The molecule has 0 aliphatic carbocycles. The van der Waals surface area contributed by atoms with Crippen LogP contribution in [0.1, 0.15) is 72.2 Å².